The Kier molecular flexibility index (Phi) is 8.47. The standard InChI is InChI=1S/C6H8N.C3H6O3.ClH/c1-7-5-3-2-4-6-7;1-2-4-6-5-3-1;/h2-6H,1H3;1-3H2;1H/q+1;;/p-1. The van der Waals surface area contributed by atoms with Crippen LogP contribution in [0.25, 0.3) is 0 Å². The van der Waals surface area contributed by atoms with E-state index in [1.165, 1.54) is 0 Å². The first kappa shape index (κ1) is 13.3. The molecule has 0 radical (unpaired) electrons. The minimum atomic E-state index is 0. The van der Waals surface area contributed by atoms with Gasteiger partial charge in [0.2, 0.25) is 0 Å². The molecule has 0 spiro atoms. The predicted molar refractivity (Wildman–Crippen MR) is 45.2 cm³/mol. The quantitative estimate of drug-likeness (QED) is 0.366. The van der Waals surface area contributed by atoms with Crippen molar-refractivity contribution in [2.24, 2.45) is 7.05 Å². The Morgan fingerprint density at radius 1 is 1.00 bits per heavy atom. The zero-order chi connectivity index (χ0) is 9.36. The van der Waals surface area contributed by atoms with Gasteiger partial charge >= 0.3 is 0 Å². The van der Waals surface area contributed by atoms with Crippen LogP contribution in [0.3, 0.4) is 0 Å². The number of aryl methyl sites for hydroxylation is 1. The maximum Gasteiger partial charge on any atom is 0.168 e. The van der Waals surface area contributed by atoms with Crippen LogP contribution in [0.4, 0.5) is 0 Å². The van der Waals surface area contributed by atoms with Gasteiger partial charge in [-0.05, 0) is 0 Å². The van der Waals surface area contributed by atoms with Crippen molar-refractivity contribution in [3.8, 4) is 0 Å². The number of halogens is 1. The van der Waals surface area contributed by atoms with Gasteiger partial charge in [0, 0.05) is 18.6 Å². The average molecular weight is 220 g/mol. The molecule has 1 aromatic rings. The third-order valence-electron chi connectivity index (χ3n) is 1.42. The van der Waals surface area contributed by atoms with Crippen LogP contribution >= 0.6 is 0 Å². The molecule has 1 aliphatic heterocycles. The molecule has 0 saturated carbocycles. The third-order valence-corrected chi connectivity index (χ3v) is 1.42. The van der Waals surface area contributed by atoms with E-state index in [0.717, 1.165) is 6.42 Å². The first-order valence-corrected chi connectivity index (χ1v) is 4.21. The second-order valence-corrected chi connectivity index (χ2v) is 2.61. The van der Waals surface area contributed by atoms with Crippen molar-refractivity contribution in [1.29, 1.82) is 0 Å². The van der Waals surface area contributed by atoms with Crippen LogP contribution in [0, 0.1) is 0 Å². The van der Waals surface area contributed by atoms with E-state index in [0.29, 0.717) is 13.2 Å². The van der Waals surface area contributed by atoms with E-state index < -0.39 is 0 Å². The number of aromatic nitrogens is 1. The van der Waals surface area contributed by atoms with Crippen LogP contribution in [0.1, 0.15) is 6.42 Å². The minimum Gasteiger partial charge on any atom is -1.00 e. The summed E-state index contributed by atoms with van der Waals surface area (Å²) in [6, 6.07) is 6.00. The minimum absolute atomic E-state index is 0. The predicted octanol–water partition coefficient (Wildman–Crippen LogP) is -2.21. The van der Waals surface area contributed by atoms with Crippen LogP contribution in [0.2, 0.25) is 0 Å². The van der Waals surface area contributed by atoms with Crippen molar-refractivity contribution in [1.82, 2.24) is 0 Å². The Morgan fingerprint density at radius 2 is 1.57 bits per heavy atom. The molecule has 1 aliphatic rings. The molecule has 1 aromatic heterocycles. The Balaban J connectivity index is 0.000000227. The van der Waals surface area contributed by atoms with Crippen LogP contribution in [-0.4, -0.2) is 13.2 Å². The van der Waals surface area contributed by atoms with E-state index in [1.807, 2.05) is 42.2 Å². The molecule has 0 atom stereocenters. The summed E-state index contributed by atoms with van der Waals surface area (Å²) < 4.78 is 2.00. The summed E-state index contributed by atoms with van der Waals surface area (Å²) in [4.78, 5) is 8.69. The van der Waals surface area contributed by atoms with Gasteiger partial charge in [0.25, 0.3) is 0 Å². The Hall–Kier alpha value is -0.680. The fraction of sp³-hybridized carbons (Fsp3) is 0.444. The van der Waals surface area contributed by atoms with Gasteiger partial charge in [0.1, 0.15) is 7.05 Å². The molecule has 0 N–H and O–H groups in total. The lowest BCUT2D eigenvalue weighted by Crippen LogP contribution is -3.00. The lowest BCUT2D eigenvalue weighted by Gasteiger charge is -2.06. The van der Waals surface area contributed by atoms with Crippen LogP contribution in [0.5, 0.6) is 0 Å². The molecule has 14 heavy (non-hydrogen) atoms. The SMILES string of the molecule is C1COOOC1.C[n+]1ccccc1.[Cl-]. The van der Waals surface area contributed by atoms with Gasteiger partial charge in [-0.25, -0.2) is 14.3 Å². The third kappa shape index (κ3) is 6.80. The molecule has 2 rings (SSSR count). The van der Waals surface area contributed by atoms with Gasteiger partial charge in [-0.15, -0.1) is 0 Å². The zero-order valence-electron chi connectivity index (χ0n) is 8.06. The molecule has 5 heteroatoms. The lowest BCUT2D eigenvalue weighted by atomic mass is 10.5. The molecule has 0 aromatic carbocycles. The second kappa shape index (κ2) is 8.90. The molecule has 0 amide bonds. The molecule has 0 unspecified atom stereocenters. The van der Waals surface area contributed by atoms with Gasteiger partial charge in [0.05, 0.1) is 13.2 Å². The summed E-state index contributed by atoms with van der Waals surface area (Å²) in [6.07, 6.45) is 4.93. The molecule has 0 bridgehead atoms. The fourth-order valence-electron chi connectivity index (χ4n) is 0.764. The van der Waals surface area contributed by atoms with Gasteiger partial charge in [-0.2, -0.15) is 0 Å². The number of hydrogen-bond donors (Lipinski definition) is 0. The van der Waals surface area contributed by atoms with Crippen molar-refractivity contribution in [3.05, 3.63) is 30.6 Å². The number of nitrogens with zero attached hydrogens (tertiary/aromatic N) is 1. The largest absolute Gasteiger partial charge is 1.00 e. The monoisotopic (exact) mass is 219 g/mol. The molecular weight excluding hydrogens is 206 g/mol. The first-order chi connectivity index (χ1) is 6.39. The number of rotatable bonds is 0. The normalized spacial score (nSPS) is 14.6. The smallest absolute Gasteiger partial charge is 0.168 e. The summed E-state index contributed by atoms with van der Waals surface area (Å²) >= 11 is 0. The molecular formula is C9H14ClNO3. The lowest BCUT2D eigenvalue weighted by molar-refractivity contribution is -0.671. The molecule has 4 nitrogen and oxygen atoms in total. The van der Waals surface area contributed by atoms with E-state index in [4.69, 9.17) is 0 Å². The maximum atomic E-state index is 4.35. The highest BCUT2D eigenvalue weighted by molar-refractivity contribution is 4.83. The van der Waals surface area contributed by atoms with E-state index in [9.17, 15) is 0 Å². The summed E-state index contributed by atoms with van der Waals surface area (Å²) in [5.74, 6) is 0. The fourth-order valence-corrected chi connectivity index (χ4v) is 0.764. The number of pyridine rings is 1. The molecule has 1 fully saturated rings. The van der Waals surface area contributed by atoms with Crippen molar-refractivity contribution in [2.45, 2.75) is 6.42 Å². The highest BCUT2D eigenvalue weighted by atomic mass is 35.5. The summed E-state index contributed by atoms with van der Waals surface area (Å²) in [5.41, 5.74) is 0. The summed E-state index contributed by atoms with van der Waals surface area (Å²) in [5, 5.41) is 4.07. The van der Waals surface area contributed by atoms with Crippen molar-refractivity contribution >= 4 is 0 Å². The van der Waals surface area contributed by atoms with E-state index in [1.54, 1.807) is 0 Å². The van der Waals surface area contributed by atoms with E-state index in [-0.39, 0.29) is 12.4 Å². The Labute approximate surface area is 89.7 Å². The zero-order valence-corrected chi connectivity index (χ0v) is 8.81. The summed E-state index contributed by atoms with van der Waals surface area (Å²) in [7, 11) is 2.00. The van der Waals surface area contributed by atoms with Gasteiger partial charge in [0.15, 0.2) is 12.4 Å². The summed E-state index contributed by atoms with van der Waals surface area (Å²) in [6.45, 7) is 1.31. The maximum absolute atomic E-state index is 4.35. The van der Waals surface area contributed by atoms with Crippen molar-refractivity contribution in [2.75, 3.05) is 13.2 Å². The van der Waals surface area contributed by atoms with Gasteiger partial charge < -0.3 is 12.4 Å². The number of hydrogen-bond acceptors (Lipinski definition) is 3. The topological polar surface area (TPSA) is 31.6 Å². The van der Waals surface area contributed by atoms with Crippen molar-refractivity contribution in [3.63, 3.8) is 0 Å². The highest BCUT2D eigenvalue weighted by Crippen LogP contribution is 1.93. The van der Waals surface area contributed by atoms with Crippen LogP contribution in [-0.2, 0) is 21.9 Å². The van der Waals surface area contributed by atoms with Crippen LogP contribution < -0.4 is 17.0 Å². The first-order valence-electron chi connectivity index (χ1n) is 4.21. The highest BCUT2D eigenvalue weighted by Gasteiger charge is 1.96. The van der Waals surface area contributed by atoms with Gasteiger partial charge in [-0.3, -0.25) is 0 Å². The average Bonchev–Trinajstić information content (AvgIpc) is 2.22. The molecule has 80 valence electrons. The molecule has 2 heterocycles. The Morgan fingerprint density at radius 3 is 1.79 bits per heavy atom. The Bertz CT molecular complexity index is 205. The van der Waals surface area contributed by atoms with E-state index >= 15 is 0 Å². The van der Waals surface area contributed by atoms with Crippen molar-refractivity contribution < 1.29 is 31.8 Å². The van der Waals surface area contributed by atoms with Crippen LogP contribution in [0.15, 0.2) is 30.6 Å². The van der Waals surface area contributed by atoms with E-state index in [2.05, 4.69) is 14.8 Å². The molecule has 1 saturated heterocycles. The second-order valence-electron chi connectivity index (χ2n) is 2.61. The van der Waals surface area contributed by atoms with Gasteiger partial charge in [-0.1, -0.05) is 11.1 Å². The molecule has 0 aliphatic carbocycles.